The molecule has 2 amide bonds. The number of nitrogens with one attached hydrogen (secondary N) is 3. The zero-order valence-corrected chi connectivity index (χ0v) is 19.4. The summed E-state index contributed by atoms with van der Waals surface area (Å²) in [5.74, 6) is -0.542. The van der Waals surface area contributed by atoms with Gasteiger partial charge in [-0.25, -0.2) is 4.39 Å². The first-order valence-electron chi connectivity index (χ1n) is 11.3. The van der Waals surface area contributed by atoms with E-state index in [1.54, 1.807) is 12.1 Å². The Labute approximate surface area is 198 Å². The van der Waals surface area contributed by atoms with Crippen molar-refractivity contribution in [3.63, 3.8) is 0 Å². The summed E-state index contributed by atoms with van der Waals surface area (Å²) >= 11 is 0. The topological polar surface area (TPSA) is 94.5 Å². The lowest BCUT2D eigenvalue weighted by Crippen LogP contribution is -2.63. The Morgan fingerprint density at radius 1 is 1.38 bits per heavy atom. The van der Waals surface area contributed by atoms with Crippen molar-refractivity contribution in [2.24, 2.45) is 5.92 Å². The molecule has 0 saturated carbocycles. The van der Waals surface area contributed by atoms with Crippen LogP contribution >= 0.6 is 0 Å². The number of para-hydroxylation sites is 1. The molecule has 1 saturated heterocycles. The van der Waals surface area contributed by atoms with Gasteiger partial charge in [-0.3, -0.25) is 19.9 Å². The first-order valence-corrected chi connectivity index (χ1v) is 11.3. The van der Waals surface area contributed by atoms with Crippen LogP contribution in [0.1, 0.15) is 54.2 Å². The number of fused-ring (bicyclic) bond motifs is 1. The summed E-state index contributed by atoms with van der Waals surface area (Å²) in [7, 11) is 0. The van der Waals surface area contributed by atoms with Crippen molar-refractivity contribution in [3.05, 3.63) is 77.6 Å². The van der Waals surface area contributed by atoms with Gasteiger partial charge >= 0.3 is 0 Å². The summed E-state index contributed by atoms with van der Waals surface area (Å²) in [6.45, 7) is 8.20. The Bertz CT molecular complexity index is 1130. The highest BCUT2D eigenvalue weighted by Gasteiger charge is 2.41. The molecule has 34 heavy (non-hydrogen) atoms. The zero-order chi connectivity index (χ0) is 24.5. The number of hydrogen-bond acceptors (Lipinski definition) is 4. The molecule has 178 valence electrons. The molecule has 0 spiro atoms. The number of nitrogens with zero attached hydrogens (tertiary/aromatic N) is 1. The van der Waals surface area contributed by atoms with Gasteiger partial charge in [0.15, 0.2) is 5.96 Å². The van der Waals surface area contributed by atoms with Crippen LogP contribution < -0.4 is 15.4 Å². The SMILES string of the molecule is C=C[C@@]1(C(C)C)CC(=O)N(Cc2cc(F)cc(C(=O)NC3CCOc4ccccc43)c2)C(=N)N1. The van der Waals surface area contributed by atoms with Gasteiger partial charge in [0.25, 0.3) is 5.91 Å². The molecule has 4 rings (SSSR count). The number of guanidine groups is 1. The van der Waals surface area contributed by atoms with E-state index < -0.39 is 17.3 Å². The van der Waals surface area contributed by atoms with Gasteiger partial charge in [0.05, 0.1) is 31.2 Å². The highest BCUT2D eigenvalue weighted by molar-refractivity contribution is 5.99. The van der Waals surface area contributed by atoms with Crippen LogP contribution in [0.5, 0.6) is 5.75 Å². The molecule has 2 aromatic rings. The average molecular weight is 465 g/mol. The normalized spacial score (nSPS) is 22.0. The maximum Gasteiger partial charge on any atom is 0.251 e. The van der Waals surface area contributed by atoms with Gasteiger partial charge < -0.3 is 15.4 Å². The highest BCUT2D eigenvalue weighted by atomic mass is 19.1. The number of carbonyl (C=O) groups is 2. The molecule has 1 fully saturated rings. The minimum atomic E-state index is -0.697. The van der Waals surface area contributed by atoms with Crippen LogP contribution in [0.3, 0.4) is 0 Å². The first kappa shape index (κ1) is 23.5. The molecule has 0 aromatic heterocycles. The summed E-state index contributed by atoms with van der Waals surface area (Å²) < 4.78 is 20.1. The van der Waals surface area contributed by atoms with Crippen molar-refractivity contribution in [2.45, 2.75) is 44.8 Å². The molecule has 2 atom stereocenters. The summed E-state index contributed by atoms with van der Waals surface area (Å²) in [5, 5.41) is 14.4. The van der Waals surface area contributed by atoms with Gasteiger partial charge in [-0.15, -0.1) is 6.58 Å². The number of rotatable bonds is 6. The summed E-state index contributed by atoms with van der Waals surface area (Å²) in [4.78, 5) is 27.1. The first-order chi connectivity index (χ1) is 16.2. The van der Waals surface area contributed by atoms with E-state index in [0.717, 1.165) is 11.3 Å². The van der Waals surface area contributed by atoms with Crippen LogP contribution in [0, 0.1) is 17.1 Å². The molecule has 1 unspecified atom stereocenters. The molecule has 2 aliphatic rings. The minimum Gasteiger partial charge on any atom is -0.493 e. The molecular formula is C26H29FN4O3. The molecular weight excluding hydrogens is 435 g/mol. The maximum absolute atomic E-state index is 14.5. The van der Waals surface area contributed by atoms with Crippen molar-refractivity contribution in [1.82, 2.24) is 15.5 Å². The molecule has 0 aliphatic carbocycles. The van der Waals surface area contributed by atoms with E-state index in [1.165, 1.54) is 17.0 Å². The number of amides is 2. The maximum atomic E-state index is 14.5. The predicted molar refractivity (Wildman–Crippen MR) is 127 cm³/mol. The van der Waals surface area contributed by atoms with Crippen LogP contribution in [0.4, 0.5) is 4.39 Å². The molecule has 0 radical (unpaired) electrons. The minimum absolute atomic E-state index is 0.0197. The van der Waals surface area contributed by atoms with E-state index >= 15 is 0 Å². The van der Waals surface area contributed by atoms with Crippen LogP contribution in [0.2, 0.25) is 0 Å². The fourth-order valence-electron chi connectivity index (χ4n) is 4.47. The van der Waals surface area contributed by atoms with E-state index in [1.807, 2.05) is 38.1 Å². The number of carbonyl (C=O) groups excluding carboxylic acids is 2. The van der Waals surface area contributed by atoms with Crippen molar-refractivity contribution in [2.75, 3.05) is 6.61 Å². The van der Waals surface area contributed by atoms with Gasteiger partial charge in [0.2, 0.25) is 5.91 Å². The third-order valence-corrected chi connectivity index (χ3v) is 6.58. The second-order valence-electron chi connectivity index (χ2n) is 9.08. The number of benzene rings is 2. The Morgan fingerprint density at radius 3 is 2.85 bits per heavy atom. The van der Waals surface area contributed by atoms with Crippen LogP contribution in [0.15, 0.2) is 55.1 Å². The molecule has 0 bridgehead atoms. The van der Waals surface area contributed by atoms with Crippen molar-refractivity contribution >= 4 is 17.8 Å². The third kappa shape index (κ3) is 4.53. The standard InChI is InChI=1S/C26H29FN4O3/c1-4-26(16(2)3)14-23(32)31(25(28)30-26)15-17-11-18(13-19(27)12-17)24(33)29-21-9-10-34-22-8-6-5-7-20(21)22/h4-8,11-13,16,21H,1,9-10,14-15H2,2-3H3,(H2,28,30)(H,29,33)/t21?,26-/m0/s1. The third-order valence-electron chi connectivity index (χ3n) is 6.58. The number of hydrogen-bond donors (Lipinski definition) is 3. The Kier molecular flexibility index (Phi) is 6.41. The summed E-state index contributed by atoms with van der Waals surface area (Å²) in [6, 6.07) is 11.3. The molecule has 3 N–H and O–H groups in total. The molecule has 2 aliphatic heterocycles. The summed E-state index contributed by atoms with van der Waals surface area (Å²) in [6.07, 6.45) is 2.42. The van der Waals surface area contributed by atoms with Crippen molar-refractivity contribution in [3.8, 4) is 5.75 Å². The lowest BCUT2D eigenvalue weighted by atomic mass is 9.81. The second kappa shape index (κ2) is 9.29. The van der Waals surface area contributed by atoms with E-state index in [0.29, 0.717) is 18.6 Å². The quantitative estimate of drug-likeness (QED) is 0.565. The van der Waals surface area contributed by atoms with E-state index in [-0.39, 0.29) is 42.4 Å². The van der Waals surface area contributed by atoms with Gasteiger partial charge in [0, 0.05) is 17.5 Å². The van der Waals surface area contributed by atoms with Gasteiger partial charge in [0.1, 0.15) is 11.6 Å². The molecule has 7 nitrogen and oxygen atoms in total. The van der Waals surface area contributed by atoms with Crippen LogP contribution in [-0.2, 0) is 11.3 Å². The van der Waals surface area contributed by atoms with Crippen LogP contribution in [0.25, 0.3) is 0 Å². The average Bonchev–Trinajstić information content (AvgIpc) is 2.81. The van der Waals surface area contributed by atoms with Crippen molar-refractivity contribution in [1.29, 1.82) is 5.41 Å². The van der Waals surface area contributed by atoms with E-state index in [2.05, 4.69) is 17.2 Å². The van der Waals surface area contributed by atoms with Crippen molar-refractivity contribution < 1.29 is 18.7 Å². The van der Waals surface area contributed by atoms with Gasteiger partial charge in [-0.1, -0.05) is 38.1 Å². The fourth-order valence-corrected chi connectivity index (χ4v) is 4.47. The van der Waals surface area contributed by atoms with Gasteiger partial charge in [-0.05, 0) is 35.7 Å². The molecule has 2 aromatic carbocycles. The number of halogens is 1. The molecule has 2 heterocycles. The highest BCUT2D eigenvalue weighted by Crippen LogP contribution is 2.32. The smallest absolute Gasteiger partial charge is 0.251 e. The Balaban J connectivity index is 1.51. The molecule has 8 heteroatoms. The van der Waals surface area contributed by atoms with E-state index in [9.17, 15) is 14.0 Å². The fraction of sp³-hybridized carbons (Fsp3) is 0.346. The second-order valence-corrected chi connectivity index (χ2v) is 9.08. The number of ether oxygens (including phenoxy) is 1. The predicted octanol–water partition coefficient (Wildman–Crippen LogP) is 3.92. The zero-order valence-electron chi connectivity index (χ0n) is 19.4. The van der Waals surface area contributed by atoms with Gasteiger partial charge in [-0.2, -0.15) is 0 Å². The lowest BCUT2D eigenvalue weighted by Gasteiger charge is -2.43. The largest absolute Gasteiger partial charge is 0.493 e. The van der Waals surface area contributed by atoms with E-state index in [4.69, 9.17) is 10.1 Å². The lowest BCUT2D eigenvalue weighted by molar-refractivity contribution is -0.131. The monoisotopic (exact) mass is 464 g/mol. The Morgan fingerprint density at radius 2 is 2.15 bits per heavy atom. The Hall–Kier alpha value is -3.68. The van der Waals surface area contributed by atoms with Crippen LogP contribution in [-0.4, -0.2) is 34.8 Å². The summed E-state index contributed by atoms with van der Waals surface area (Å²) in [5.41, 5.74) is 0.768.